The van der Waals surface area contributed by atoms with Crippen molar-refractivity contribution in [1.82, 2.24) is 10.3 Å². The van der Waals surface area contributed by atoms with Gasteiger partial charge >= 0.3 is 0 Å². The highest BCUT2D eigenvalue weighted by Crippen LogP contribution is 2.21. The molecular weight excluding hydrogens is 288 g/mol. The number of aryl methyl sites for hydroxylation is 1. The number of nitrogens with zero attached hydrogens (tertiary/aromatic N) is 3. The van der Waals surface area contributed by atoms with Crippen LogP contribution in [-0.2, 0) is 10.0 Å². The molecule has 0 saturated carbocycles. The van der Waals surface area contributed by atoms with Gasteiger partial charge < -0.3 is 5.32 Å². The van der Waals surface area contributed by atoms with E-state index in [1.165, 1.54) is 0 Å². The van der Waals surface area contributed by atoms with Crippen molar-refractivity contribution in [3.63, 3.8) is 0 Å². The average molecular weight is 308 g/mol. The number of rotatable bonds is 2. The first kappa shape index (κ1) is 15.5. The molecule has 1 aromatic rings. The maximum Gasteiger partial charge on any atom is 0.285 e. The van der Waals surface area contributed by atoms with Gasteiger partial charge in [0.15, 0.2) is 0 Å². The van der Waals surface area contributed by atoms with E-state index < -0.39 is 10.0 Å². The van der Waals surface area contributed by atoms with Crippen LogP contribution in [0, 0.1) is 12.3 Å². The van der Waals surface area contributed by atoms with Crippen molar-refractivity contribution < 1.29 is 8.42 Å². The maximum absolute atomic E-state index is 12.3. The first-order chi connectivity index (χ1) is 9.73. The van der Waals surface area contributed by atoms with Gasteiger partial charge in [0.25, 0.3) is 10.0 Å². The summed E-state index contributed by atoms with van der Waals surface area (Å²) in [6.07, 6.45) is 1.79. The van der Waals surface area contributed by atoms with Gasteiger partial charge in [-0.15, -0.1) is 4.40 Å². The SMILES string of the molecule is CN/C(=N\S(=O)(=O)c1ccc(C)cc1)N1CC(C)(C)C=N1. The van der Waals surface area contributed by atoms with Crippen LogP contribution in [0.2, 0.25) is 0 Å². The monoisotopic (exact) mass is 308 g/mol. The van der Waals surface area contributed by atoms with E-state index in [-0.39, 0.29) is 16.3 Å². The van der Waals surface area contributed by atoms with E-state index >= 15 is 0 Å². The molecule has 0 aliphatic carbocycles. The molecule has 0 unspecified atom stereocenters. The zero-order chi connectivity index (χ0) is 15.7. The summed E-state index contributed by atoms with van der Waals surface area (Å²) in [5.41, 5.74) is 0.892. The number of benzene rings is 1. The zero-order valence-corrected chi connectivity index (χ0v) is 13.5. The summed E-state index contributed by atoms with van der Waals surface area (Å²) in [6, 6.07) is 6.61. The predicted octanol–water partition coefficient (Wildman–Crippen LogP) is 1.59. The van der Waals surface area contributed by atoms with E-state index in [9.17, 15) is 8.42 Å². The van der Waals surface area contributed by atoms with Crippen LogP contribution < -0.4 is 5.32 Å². The van der Waals surface area contributed by atoms with Gasteiger partial charge in [0.1, 0.15) is 0 Å². The van der Waals surface area contributed by atoms with Crippen molar-refractivity contribution in [3.8, 4) is 0 Å². The number of sulfonamides is 1. The molecule has 0 aromatic heterocycles. The van der Waals surface area contributed by atoms with Crippen molar-refractivity contribution in [3.05, 3.63) is 29.8 Å². The number of hydrazone groups is 1. The summed E-state index contributed by atoms with van der Waals surface area (Å²) in [6.45, 7) is 6.53. The van der Waals surface area contributed by atoms with E-state index in [2.05, 4.69) is 14.8 Å². The third kappa shape index (κ3) is 3.60. The van der Waals surface area contributed by atoms with Crippen LogP contribution in [0.25, 0.3) is 0 Å². The van der Waals surface area contributed by atoms with Crippen LogP contribution in [0.15, 0.2) is 38.7 Å². The van der Waals surface area contributed by atoms with Crippen LogP contribution in [0.5, 0.6) is 0 Å². The molecule has 0 saturated heterocycles. The van der Waals surface area contributed by atoms with Crippen LogP contribution in [0.4, 0.5) is 0 Å². The Hall–Kier alpha value is -1.89. The minimum Gasteiger partial charge on any atom is -0.357 e. The van der Waals surface area contributed by atoms with Gasteiger partial charge in [0.2, 0.25) is 5.96 Å². The Morgan fingerprint density at radius 1 is 1.33 bits per heavy atom. The third-order valence-electron chi connectivity index (χ3n) is 3.10. The molecule has 0 amide bonds. The Kier molecular flexibility index (Phi) is 4.04. The highest BCUT2D eigenvalue weighted by Gasteiger charge is 2.28. The predicted molar refractivity (Wildman–Crippen MR) is 83.8 cm³/mol. The highest BCUT2D eigenvalue weighted by molar-refractivity contribution is 7.90. The molecule has 0 bridgehead atoms. The second-order valence-electron chi connectivity index (χ2n) is 5.74. The second kappa shape index (κ2) is 5.48. The van der Waals surface area contributed by atoms with Gasteiger partial charge in [-0.3, -0.25) is 0 Å². The lowest BCUT2D eigenvalue weighted by Gasteiger charge is -2.20. The lowest BCUT2D eigenvalue weighted by molar-refractivity contribution is 0.378. The number of guanidine groups is 1. The Labute approximate surface area is 125 Å². The molecule has 0 spiro atoms. The van der Waals surface area contributed by atoms with Gasteiger partial charge in [0.05, 0.1) is 11.4 Å². The number of hydrogen-bond acceptors (Lipinski definition) is 3. The Morgan fingerprint density at radius 2 is 1.95 bits per heavy atom. The van der Waals surface area contributed by atoms with Gasteiger partial charge in [-0.05, 0) is 19.1 Å². The molecule has 21 heavy (non-hydrogen) atoms. The molecule has 6 nitrogen and oxygen atoms in total. The Balaban J connectivity index is 2.31. The minimum absolute atomic E-state index is 0.106. The molecule has 0 fully saturated rings. The van der Waals surface area contributed by atoms with Crippen molar-refractivity contribution in [2.24, 2.45) is 14.9 Å². The first-order valence-electron chi connectivity index (χ1n) is 6.66. The first-order valence-corrected chi connectivity index (χ1v) is 8.10. The van der Waals surface area contributed by atoms with Gasteiger partial charge in [-0.2, -0.15) is 13.5 Å². The fourth-order valence-corrected chi connectivity index (χ4v) is 2.92. The summed E-state index contributed by atoms with van der Waals surface area (Å²) < 4.78 is 28.5. The standard InChI is InChI=1S/C14H20N4O2S/c1-11-5-7-12(8-6-11)21(19,20)17-13(15-4)18-10-14(2,3)9-16-18/h5-9H,10H2,1-4H3,(H,15,17). The molecule has 1 N–H and O–H groups in total. The van der Waals surface area contributed by atoms with Crippen LogP contribution in [-0.4, -0.2) is 39.2 Å². The third-order valence-corrected chi connectivity index (χ3v) is 4.38. The Morgan fingerprint density at radius 3 is 2.43 bits per heavy atom. The summed E-state index contributed by atoms with van der Waals surface area (Å²) in [5, 5.41) is 8.57. The summed E-state index contributed by atoms with van der Waals surface area (Å²) in [4.78, 5) is 0.170. The minimum atomic E-state index is -3.75. The normalized spacial score (nSPS) is 18.1. The summed E-state index contributed by atoms with van der Waals surface area (Å²) >= 11 is 0. The highest BCUT2D eigenvalue weighted by atomic mass is 32.2. The molecule has 1 aliphatic rings. The molecule has 0 atom stereocenters. The van der Waals surface area contributed by atoms with E-state index in [1.807, 2.05) is 20.8 Å². The largest absolute Gasteiger partial charge is 0.357 e. The second-order valence-corrected chi connectivity index (χ2v) is 7.35. The molecule has 114 valence electrons. The molecule has 2 rings (SSSR count). The molecular formula is C14H20N4O2S. The van der Waals surface area contributed by atoms with Crippen molar-refractivity contribution in [2.75, 3.05) is 13.6 Å². The van der Waals surface area contributed by atoms with E-state index in [1.54, 1.807) is 42.5 Å². The molecule has 0 radical (unpaired) electrons. The van der Waals surface area contributed by atoms with Crippen molar-refractivity contribution >= 4 is 22.2 Å². The lowest BCUT2D eigenvalue weighted by Crippen LogP contribution is -2.38. The van der Waals surface area contributed by atoms with Gasteiger partial charge in [-0.25, -0.2) is 5.01 Å². The fraction of sp³-hybridized carbons (Fsp3) is 0.429. The van der Waals surface area contributed by atoms with Crippen LogP contribution in [0.1, 0.15) is 19.4 Å². The summed E-state index contributed by atoms with van der Waals surface area (Å²) in [5.74, 6) is 0.220. The topological polar surface area (TPSA) is 74.1 Å². The zero-order valence-electron chi connectivity index (χ0n) is 12.7. The van der Waals surface area contributed by atoms with Crippen LogP contribution >= 0.6 is 0 Å². The maximum atomic E-state index is 12.3. The lowest BCUT2D eigenvalue weighted by atomic mass is 9.97. The number of hydrogen-bond donors (Lipinski definition) is 1. The van der Waals surface area contributed by atoms with Crippen LogP contribution in [0.3, 0.4) is 0 Å². The molecule has 1 aliphatic heterocycles. The smallest absolute Gasteiger partial charge is 0.285 e. The molecule has 7 heteroatoms. The van der Waals surface area contributed by atoms with E-state index in [0.29, 0.717) is 6.54 Å². The fourth-order valence-electron chi connectivity index (χ4n) is 1.92. The van der Waals surface area contributed by atoms with E-state index in [4.69, 9.17) is 0 Å². The number of nitrogens with one attached hydrogen (secondary N) is 1. The molecule has 1 aromatic carbocycles. The van der Waals surface area contributed by atoms with Crippen molar-refractivity contribution in [1.29, 1.82) is 0 Å². The van der Waals surface area contributed by atoms with Crippen molar-refractivity contribution in [2.45, 2.75) is 25.7 Å². The Bertz CT molecular complexity index is 675. The quantitative estimate of drug-likeness (QED) is 0.665. The van der Waals surface area contributed by atoms with Gasteiger partial charge in [-0.1, -0.05) is 31.5 Å². The average Bonchev–Trinajstić information content (AvgIpc) is 2.77. The van der Waals surface area contributed by atoms with E-state index in [0.717, 1.165) is 5.56 Å². The van der Waals surface area contributed by atoms with Gasteiger partial charge in [0, 0.05) is 18.7 Å². The summed E-state index contributed by atoms with van der Waals surface area (Å²) in [7, 11) is -2.12. The molecule has 1 heterocycles.